The van der Waals surface area contributed by atoms with Crippen LogP contribution in [0.5, 0.6) is 0 Å². The van der Waals surface area contributed by atoms with Gasteiger partial charge in [-0.3, -0.25) is 9.88 Å². The summed E-state index contributed by atoms with van der Waals surface area (Å²) in [7, 11) is 0. The number of fused-ring (bicyclic) bond motifs is 2. The van der Waals surface area contributed by atoms with E-state index in [0.29, 0.717) is 11.7 Å². The largest absolute Gasteiger partial charge is 0.290 e. The Bertz CT molecular complexity index is 911. The number of thiazole rings is 1. The van der Waals surface area contributed by atoms with Gasteiger partial charge in [-0.2, -0.15) is 5.26 Å². The van der Waals surface area contributed by atoms with E-state index in [-0.39, 0.29) is 0 Å². The predicted octanol–water partition coefficient (Wildman–Crippen LogP) is 3.08. The van der Waals surface area contributed by atoms with Gasteiger partial charge in [0.05, 0.1) is 33.3 Å². The van der Waals surface area contributed by atoms with Crippen molar-refractivity contribution in [2.45, 2.75) is 25.9 Å². The van der Waals surface area contributed by atoms with E-state index in [1.807, 2.05) is 5.51 Å². The lowest BCUT2D eigenvalue weighted by Crippen LogP contribution is -2.34. The van der Waals surface area contributed by atoms with E-state index in [2.05, 4.69) is 51.0 Å². The topological polar surface area (TPSA) is 65.7 Å². The summed E-state index contributed by atoms with van der Waals surface area (Å²) in [6.07, 6.45) is 2.40. The highest BCUT2D eigenvalue weighted by molar-refractivity contribution is 7.16. The number of aromatic nitrogens is 3. The van der Waals surface area contributed by atoms with Crippen LogP contribution in [0.1, 0.15) is 35.6 Å². The third-order valence-electron chi connectivity index (χ3n) is 4.42. The maximum atomic E-state index is 8.93. The number of nitriles is 1. The van der Waals surface area contributed by atoms with Crippen molar-refractivity contribution in [1.82, 2.24) is 19.9 Å². The third kappa shape index (κ3) is 2.58. The van der Waals surface area contributed by atoms with Gasteiger partial charge >= 0.3 is 0 Å². The van der Waals surface area contributed by atoms with Crippen molar-refractivity contribution < 1.29 is 0 Å². The fourth-order valence-corrected chi connectivity index (χ4v) is 3.69. The molecule has 1 atom stereocenters. The van der Waals surface area contributed by atoms with Crippen LogP contribution >= 0.6 is 11.3 Å². The number of benzene rings is 1. The first-order chi connectivity index (χ1) is 11.2. The molecule has 0 saturated heterocycles. The van der Waals surface area contributed by atoms with Crippen LogP contribution in [-0.4, -0.2) is 26.4 Å². The van der Waals surface area contributed by atoms with E-state index >= 15 is 0 Å². The molecule has 1 aliphatic heterocycles. The molecule has 2 aromatic heterocycles. The highest BCUT2D eigenvalue weighted by Gasteiger charge is 2.24. The van der Waals surface area contributed by atoms with Crippen LogP contribution in [-0.2, 0) is 13.0 Å². The first-order valence-electron chi connectivity index (χ1n) is 7.56. The van der Waals surface area contributed by atoms with E-state index in [1.54, 1.807) is 17.5 Å². The van der Waals surface area contributed by atoms with Crippen molar-refractivity contribution >= 4 is 21.6 Å². The Kier molecular flexibility index (Phi) is 3.52. The van der Waals surface area contributed by atoms with Crippen molar-refractivity contribution in [2.24, 2.45) is 0 Å². The summed E-state index contributed by atoms with van der Waals surface area (Å²) >= 11 is 1.67. The lowest BCUT2D eigenvalue weighted by molar-refractivity contribution is 0.187. The minimum Gasteiger partial charge on any atom is -0.290 e. The molecule has 3 aromatic rings. The molecular weight excluding hydrogens is 306 g/mol. The Balaban J connectivity index is 1.59. The molecule has 0 fully saturated rings. The SMILES string of the molecule is CC(c1ccc2scnc2c1)N1CCc2nc(C#N)cnc2C1. The monoisotopic (exact) mass is 321 g/mol. The molecule has 4 rings (SSSR count). The first kappa shape index (κ1) is 14.2. The van der Waals surface area contributed by atoms with Gasteiger partial charge in [0, 0.05) is 25.6 Å². The zero-order valence-corrected chi connectivity index (χ0v) is 13.5. The zero-order valence-electron chi connectivity index (χ0n) is 12.7. The van der Waals surface area contributed by atoms with Gasteiger partial charge in [0.25, 0.3) is 0 Å². The van der Waals surface area contributed by atoms with Crippen molar-refractivity contribution in [3.63, 3.8) is 0 Å². The predicted molar refractivity (Wildman–Crippen MR) is 88.9 cm³/mol. The number of hydrogen-bond acceptors (Lipinski definition) is 6. The molecule has 0 spiro atoms. The third-order valence-corrected chi connectivity index (χ3v) is 5.23. The Labute approximate surface area is 138 Å². The first-order valence-corrected chi connectivity index (χ1v) is 8.44. The van der Waals surface area contributed by atoms with Crippen molar-refractivity contribution in [3.8, 4) is 6.07 Å². The summed E-state index contributed by atoms with van der Waals surface area (Å²) in [6, 6.07) is 8.87. The summed E-state index contributed by atoms with van der Waals surface area (Å²) in [4.78, 5) is 15.6. The molecule has 0 amide bonds. The van der Waals surface area contributed by atoms with Crippen molar-refractivity contribution in [3.05, 3.63) is 52.6 Å². The van der Waals surface area contributed by atoms with Gasteiger partial charge in [-0.25, -0.2) is 9.97 Å². The normalized spacial score (nSPS) is 16.0. The second kappa shape index (κ2) is 5.69. The second-order valence-corrected chi connectivity index (χ2v) is 6.62. The number of hydrogen-bond donors (Lipinski definition) is 0. The molecule has 3 heterocycles. The van der Waals surface area contributed by atoms with Crippen LogP contribution < -0.4 is 0 Å². The highest BCUT2D eigenvalue weighted by atomic mass is 32.1. The van der Waals surface area contributed by atoms with Crippen LogP contribution in [0.4, 0.5) is 0 Å². The van der Waals surface area contributed by atoms with E-state index < -0.39 is 0 Å². The van der Waals surface area contributed by atoms with E-state index in [9.17, 15) is 0 Å². The molecule has 1 aromatic carbocycles. The second-order valence-electron chi connectivity index (χ2n) is 5.74. The molecule has 0 bridgehead atoms. The molecule has 0 aliphatic carbocycles. The summed E-state index contributed by atoms with van der Waals surface area (Å²) in [5.74, 6) is 0. The molecule has 0 radical (unpaired) electrons. The Morgan fingerprint density at radius 2 is 2.22 bits per heavy atom. The summed E-state index contributed by atoms with van der Waals surface area (Å²) < 4.78 is 1.22. The van der Waals surface area contributed by atoms with Crippen LogP contribution in [0.15, 0.2) is 29.9 Å². The Hall–Kier alpha value is -2.36. The Morgan fingerprint density at radius 3 is 3.09 bits per heavy atom. The molecule has 6 heteroatoms. The minimum atomic E-state index is 0.298. The van der Waals surface area contributed by atoms with E-state index in [1.165, 1.54) is 10.3 Å². The maximum absolute atomic E-state index is 8.93. The van der Waals surface area contributed by atoms with Crippen LogP contribution in [0.2, 0.25) is 0 Å². The Morgan fingerprint density at radius 1 is 1.30 bits per heavy atom. The molecule has 0 N–H and O–H groups in total. The molecule has 0 saturated carbocycles. The minimum absolute atomic E-state index is 0.298. The molecule has 5 nitrogen and oxygen atoms in total. The highest BCUT2D eigenvalue weighted by Crippen LogP contribution is 2.28. The average Bonchev–Trinajstić information content (AvgIpc) is 3.07. The molecule has 114 valence electrons. The van der Waals surface area contributed by atoms with Gasteiger partial charge in [-0.15, -0.1) is 11.3 Å². The molecule has 1 unspecified atom stereocenters. The van der Waals surface area contributed by atoms with E-state index in [0.717, 1.165) is 36.4 Å². The van der Waals surface area contributed by atoms with Crippen molar-refractivity contribution in [1.29, 1.82) is 5.26 Å². The molecule has 23 heavy (non-hydrogen) atoms. The lowest BCUT2D eigenvalue weighted by atomic mass is 10.0. The number of nitrogens with zero attached hydrogens (tertiary/aromatic N) is 5. The van der Waals surface area contributed by atoms with Gasteiger partial charge in [-0.1, -0.05) is 6.07 Å². The van der Waals surface area contributed by atoms with Gasteiger partial charge in [-0.05, 0) is 24.6 Å². The summed E-state index contributed by atoms with van der Waals surface area (Å²) in [5, 5.41) is 8.93. The standard InChI is InChI=1S/C17H15N5S/c1-11(12-2-3-17-15(6-12)20-10-23-17)22-5-4-14-16(9-22)19-8-13(7-18)21-14/h2-3,6,8,10-11H,4-5,9H2,1H3. The van der Waals surface area contributed by atoms with Gasteiger partial charge in [0.1, 0.15) is 6.07 Å². The smallest absolute Gasteiger partial charge is 0.159 e. The fourth-order valence-electron chi connectivity index (χ4n) is 3.04. The van der Waals surface area contributed by atoms with Gasteiger partial charge in [0.2, 0.25) is 0 Å². The van der Waals surface area contributed by atoms with Crippen LogP contribution in [0.25, 0.3) is 10.2 Å². The van der Waals surface area contributed by atoms with Gasteiger partial charge < -0.3 is 0 Å². The van der Waals surface area contributed by atoms with Crippen LogP contribution in [0.3, 0.4) is 0 Å². The van der Waals surface area contributed by atoms with Gasteiger partial charge in [0.15, 0.2) is 5.69 Å². The quantitative estimate of drug-likeness (QED) is 0.725. The van der Waals surface area contributed by atoms with E-state index in [4.69, 9.17) is 5.26 Å². The average molecular weight is 321 g/mol. The lowest BCUT2D eigenvalue weighted by Gasteiger charge is -2.32. The zero-order chi connectivity index (χ0) is 15.8. The summed E-state index contributed by atoms with van der Waals surface area (Å²) in [5.41, 5.74) is 6.57. The van der Waals surface area contributed by atoms with Crippen LogP contribution in [0, 0.1) is 11.3 Å². The number of rotatable bonds is 2. The molecular formula is C17H15N5S. The summed E-state index contributed by atoms with van der Waals surface area (Å²) in [6.45, 7) is 3.91. The van der Waals surface area contributed by atoms with Crippen molar-refractivity contribution in [2.75, 3.05) is 6.54 Å². The molecule has 1 aliphatic rings. The fraction of sp³-hybridized carbons (Fsp3) is 0.294. The maximum Gasteiger partial charge on any atom is 0.159 e.